The van der Waals surface area contributed by atoms with Gasteiger partial charge in [-0.1, -0.05) is 13.3 Å². The number of ether oxygens (including phenoxy) is 1. The SMILES string of the molecule is CCCC(C)NC(=S)Nc1ccc(OC)c2ncccc12. The van der Waals surface area contributed by atoms with E-state index in [0.29, 0.717) is 11.2 Å². The van der Waals surface area contributed by atoms with E-state index < -0.39 is 0 Å². The Hall–Kier alpha value is -1.88. The van der Waals surface area contributed by atoms with Gasteiger partial charge in [-0.05, 0) is 49.8 Å². The van der Waals surface area contributed by atoms with Gasteiger partial charge in [0.15, 0.2) is 5.11 Å². The van der Waals surface area contributed by atoms with Gasteiger partial charge in [0.05, 0.1) is 7.11 Å². The normalized spacial score (nSPS) is 12.0. The second-order valence-corrected chi connectivity index (χ2v) is 5.41. The number of pyridine rings is 1. The molecule has 0 aliphatic heterocycles. The van der Waals surface area contributed by atoms with E-state index in [1.165, 1.54) is 0 Å². The molecule has 5 heteroatoms. The van der Waals surface area contributed by atoms with Crippen LogP contribution in [0.5, 0.6) is 5.75 Å². The first-order chi connectivity index (χ1) is 10.2. The largest absolute Gasteiger partial charge is 0.494 e. The van der Waals surface area contributed by atoms with Gasteiger partial charge in [0.25, 0.3) is 0 Å². The monoisotopic (exact) mass is 303 g/mol. The molecule has 2 aromatic rings. The van der Waals surface area contributed by atoms with Crippen LogP contribution >= 0.6 is 12.2 Å². The van der Waals surface area contributed by atoms with Crippen molar-refractivity contribution in [1.29, 1.82) is 0 Å². The Labute approximate surface area is 130 Å². The molecular weight excluding hydrogens is 282 g/mol. The van der Waals surface area contributed by atoms with E-state index in [1.54, 1.807) is 13.3 Å². The van der Waals surface area contributed by atoms with Gasteiger partial charge in [-0.2, -0.15) is 0 Å². The first-order valence-electron chi connectivity index (χ1n) is 7.15. The molecule has 1 heterocycles. The van der Waals surface area contributed by atoms with Crippen LogP contribution in [0.3, 0.4) is 0 Å². The van der Waals surface area contributed by atoms with Gasteiger partial charge in [-0.25, -0.2) is 0 Å². The molecule has 0 spiro atoms. The molecular formula is C16H21N3OS. The number of thiocarbonyl (C=S) groups is 1. The topological polar surface area (TPSA) is 46.2 Å². The zero-order valence-electron chi connectivity index (χ0n) is 12.6. The molecule has 0 saturated heterocycles. The molecule has 1 unspecified atom stereocenters. The minimum atomic E-state index is 0.359. The summed E-state index contributed by atoms with van der Waals surface area (Å²) in [4.78, 5) is 4.38. The molecule has 21 heavy (non-hydrogen) atoms. The van der Waals surface area contributed by atoms with Crippen molar-refractivity contribution in [1.82, 2.24) is 10.3 Å². The predicted molar refractivity (Wildman–Crippen MR) is 92.0 cm³/mol. The van der Waals surface area contributed by atoms with E-state index in [2.05, 4.69) is 29.5 Å². The zero-order chi connectivity index (χ0) is 15.2. The summed E-state index contributed by atoms with van der Waals surface area (Å²) in [6.07, 6.45) is 3.98. The molecule has 0 fully saturated rings. The van der Waals surface area contributed by atoms with Crippen molar-refractivity contribution in [2.24, 2.45) is 0 Å². The smallest absolute Gasteiger partial charge is 0.171 e. The van der Waals surface area contributed by atoms with E-state index in [-0.39, 0.29) is 0 Å². The molecule has 0 saturated carbocycles. The molecule has 1 aromatic heterocycles. The van der Waals surface area contributed by atoms with Crippen molar-refractivity contribution in [2.45, 2.75) is 32.7 Å². The summed E-state index contributed by atoms with van der Waals surface area (Å²) in [7, 11) is 1.65. The number of rotatable bonds is 5. The van der Waals surface area contributed by atoms with Crippen LogP contribution in [0.4, 0.5) is 5.69 Å². The van der Waals surface area contributed by atoms with Crippen molar-refractivity contribution < 1.29 is 4.74 Å². The molecule has 1 aromatic carbocycles. The van der Waals surface area contributed by atoms with Gasteiger partial charge in [0.2, 0.25) is 0 Å². The summed E-state index contributed by atoms with van der Waals surface area (Å²) >= 11 is 5.38. The van der Waals surface area contributed by atoms with Crippen LogP contribution < -0.4 is 15.4 Å². The first-order valence-corrected chi connectivity index (χ1v) is 7.55. The highest BCUT2D eigenvalue weighted by Gasteiger charge is 2.09. The lowest BCUT2D eigenvalue weighted by Gasteiger charge is -2.17. The quantitative estimate of drug-likeness (QED) is 0.824. The highest BCUT2D eigenvalue weighted by atomic mass is 32.1. The van der Waals surface area contributed by atoms with Crippen LogP contribution in [-0.2, 0) is 0 Å². The highest BCUT2D eigenvalue weighted by Crippen LogP contribution is 2.29. The Morgan fingerprint density at radius 3 is 2.90 bits per heavy atom. The van der Waals surface area contributed by atoms with Crippen molar-refractivity contribution in [3.05, 3.63) is 30.5 Å². The molecule has 0 aliphatic rings. The maximum Gasteiger partial charge on any atom is 0.171 e. The Kier molecular flexibility index (Phi) is 5.33. The lowest BCUT2D eigenvalue weighted by molar-refractivity contribution is 0.419. The third-order valence-electron chi connectivity index (χ3n) is 3.30. The third-order valence-corrected chi connectivity index (χ3v) is 3.52. The molecule has 1 atom stereocenters. The number of aromatic nitrogens is 1. The zero-order valence-corrected chi connectivity index (χ0v) is 13.5. The molecule has 2 N–H and O–H groups in total. The number of anilines is 1. The van der Waals surface area contributed by atoms with E-state index in [4.69, 9.17) is 17.0 Å². The molecule has 2 rings (SSSR count). The predicted octanol–water partition coefficient (Wildman–Crippen LogP) is 3.72. The average molecular weight is 303 g/mol. The van der Waals surface area contributed by atoms with Gasteiger partial charge in [0.1, 0.15) is 11.3 Å². The van der Waals surface area contributed by atoms with Crippen molar-refractivity contribution >= 4 is 33.9 Å². The standard InChI is InChI=1S/C16H21N3OS/c1-4-6-11(2)18-16(21)19-13-8-9-14(20-3)15-12(13)7-5-10-17-15/h5,7-11H,4,6H2,1-3H3,(H2,18,19,21). The lowest BCUT2D eigenvalue weighted by Crippen LogP contribution is -2.35. The van der Waals surface area contributed by atoms with Gasteiger partial charge in [0, 0.05) is 23.3 Å². The Bertz CT molecular complexity index is 630. The second kappa shape index (κ2) is 7.22. The summed E-state index contributed by atoms with van der Waals surface area (Å²) in [5, 5.41) is 8.16. The fraction of sp³-hybridized carbons (Fsp3) is 0.375. The van der Waals surface area contributed by atoms with Crippen LogP contribution in [0, 0.1) is 0 Å². The van der Waals surface area contributed by atoms with E-state index in [0.717, 1.165) is 35.2 Å². The Morgan fingerprint density at radius 2 is 2.19 bits per heavy atom. The minimum absolute atomic E-state index is 0.359. The van der Waals surface area contributed by atoms with Crippen LogP contribution in [0.25, 0.3) is 10.9 Å². The summed E-state index contributed by atoms with van der Waals surface area (Å²) in [6, 6.07) is 8.13. The number of fused-ring (bicyclic) bond motifs is 1. The number of hydrogen-bond donors (Lipinski definition) is 2. The van der Waals surface area contributed by atoms with Gasteiger partial charge in [-0.15, -0.1) is 0 Å². The fourth-order valence-electron chi connectivity index (χ4n) is 2.31. The molecule has 0 radical (unpaired) electrons. The highest BCUT2D eigenvalue weighted by molar-refractivity contribution is 7.80. The summed E-state index contributed by atoms with van der Waals surface area (Å²) < 4.78 is 5.35. The number of methoxy groups -OCH3 is 1. The molecule has 0 bridgehead atoms. The van der Waals surface area contributed by atoms with Crippen LogP contribution in [0.2, 0.25) is 0 Å². The summed E-state index contributed by atoms with van der Waals surface area (Å²) in [5.74, 6) is 0.759. The average Bonchev–Trinajstić information content (AvgIpc) is 2.47. The second-order valence-electron chi connectivity index (χ2n) is 5.00. The van der Waals surface area contributed by atoms with Crippen LogP contribution in [-0.4, -0.2) is 23.2 Å². The third kappa shape index (κ3) is 3.82. The summed E-state index contributed by atoms with van der Waals surface area (Å²) in [6.45, 7) is 4.29. The minimum Gasteiger partial charge on any atom is -0.494 e. The van der Waals surface area contributed by atoms with E-state index in [1.807, 2.05) is 24.3 Å². The number of nitrogens with zero attached hydrogens (tertiary/aromatic N) is 1. The first kappa shape index (κ1) is 15.5. The van der Waals surface area contributed by atoms with Crippen molar-refractivity contribution in [3.63, 3.8) is 0 Å². The van der Waals surface area contributed by atoms with Crippen molar-refractivity contribution in [3.8, 4) is 5.75 Å². The van der Waals surface area contributed by atoms with E-state index in [9.17, 15) is 0 Å². The number of hydrogen-bond acceptors (Lipinski definition) is 3. The Morgan fingerprint density at radius 1 is 1.38 bits per heavy atom. The fourth-order valence-corrected chi connectivity index (χ4v) is 2.62. The molecule has 0 aliphatic carbocycles. The molecule has 4 nitrogen and oxygen atoms in total. The van der Waals surface area contributed by atoms with E-state index >= 15 is 0 Å². The number of benzene rings is 1. The van der Waals surface area contributed by atoms with Crippen molar-refractivity contribution in [2.75, 3.05) is 12.4 Å². The summed E-state index contributed by atoms with van der Waals surface area (Å²) in [5.41, 5.74) is 1.76. The maximum atomic E-state index is 5.38. The maximum absolute atomic E-state index is 5.38. The number of nitrogens with one attached hydrogen (secondary N) is 2. The Balaban J connectivity index is 2.21. The van der Waals surface area contributed by atoms with Crippen LogP contribution in [0.15, 0.2) is 30.5 Å². The van der Waals surface area contributed by atoms with Gasteiger partial charge >= 0.3 is 0 Å². The van der Waals surface area contributed by atoms with Gasteiger partial charge in [-0.3, -0.25) is 4.98 Å². The molecule has 112 valence electrons. The lowest BCUT2D eigenvalue weighted by atomic mass is 10.1. The van der Waals surface area contributed by atoms with Crippen LogP contribution in [0.1, 0.15) is 26.7 Å². The molecule has 0 amide bonds. The van der Waals surface area contributed by atoms with Gasteiger partial charge < -0.3 is 15.4 Å².